The molecule has 5 nitrogen and oxygen atoms in total. The lowest BCUT2D eigenvalue weighted by molar-refractivity contribution is 0.102. The van der Waals surface area contributed by atoms with Crippen LogP contribution in [0.4, 0.5) is 0 Å². The van der Waals surface area contributed by atoms with Crippen LogP contribution in [0.2, 0.25) is 0 Å². The highest BCUT2D eigenvalue weighted by atomic mass is 32.2. The third-order valence-electron chi connectivity index (χ3n) is 3.75. The van der Waals surface area contributed by atoms with Crippen molar-refractivity contribution < 1.29 is 4.79 Å². The first-order valence-electron chi connectivity index (χ1n) is 7.30. The maximum absolute atomic E-state index is 12.2. The van der Waals surface area contributed by atoms with E-state index in [1.807, 2.05) is 16.8 Å². The highest BCUT2D eigenvalue weighted by molar-refractivity contribution is 7.99. The number of nitrogens with zero attached hydrogens (tertiary/aromatic N) is 4. The van der Waals surface area contributed by atoms with Gasteiger partial charge < -0.3 is 0 Å². The number of rotatable bonds is 6. The highest BCUT2D eigenvalue weighted by Crippen LogP contribution is 2.31. The molecule has 1 aliphatic rings. The van der Waals surface area contributed by atoms with Crippen molar-refractivity contribution in [3.63, 3.8) is 0 Å². The number of aromatic nitrogens is 4. The summed E-state index contributed by atoms with van der Waals surface area (Å²) in [6.45, 7) is 2.10. The van der Waals surface area contributed by atoms with Crippen LogP contribution in [0.25, 0.3) is 0 Å². The minimum atomic E-state index is 0.158. The van der Waals surface area contributed by atoms with Gasteiger partial charge in [-0.2, -0.15) is 0 Å². The lowest BCUT2D eigenvalue weighted by atomic mass is 10.3. The van der Waals surface area contributed by atoms with Crippen LogP contribution in [0.3, 0.4) is 0 Å². The second-order valence-corrected chi connectivity index (χ2v) is 7.29. The fraction of sp³-hybridized carbons (Fsp3) is 0.571. The molecule has 112 valence electrons. The largest absolute Gasteiger partial charge is 0.292 e. The fourth-order valence-corrected chi connectivity index (χ4v) is 4.38. The number of thiophene rings is 1. The van der Waals surface area contributed by atoms with Gasteiger partial charge in [-0.15, -0.1) is 16.4 Å². The van der Waals surface area contributed by atoms with E-state index >= 15 is 0 Å². The molecule has 0 spiro atoms. The first kappa shape index (κ1) is 14.7. The monoisotopic (exact) mass is 322 g/mol. The van der Waals surface area contributed by atoms with Crippen molar-refractivity contribution >= 4 is 28.9 Å². The maximum Gasteiger partial charge on any atom is 0.210 e. The van der Waals surface area contributed by atoms with Crippen molar-refractivity contribution in [3.8, 4) is 0 Å². The van der Waals surface area contributed by atoms with Gasteiger partial charge in [0.25, 0.3) is 0 Å². The molecule has 2 heterocycles. The molecule has 7 heteroatoms. The van der Waals surface area contributed by atoms with E-state index in [2.05, 4.69) is 22.4 Å². The summed E-state index contributed by atoms with van der Waals surface area (Å²) in [7, 11) is 0. The molecule has 1 saturated carbocycles. The van der Waals surface area contributed by atoms with Crippen LogP contribution in [-0.4, -0.2) is 31.7 Å². The minimum Gasteiger partial charge on any atom is -0.292 e. The van der Waals surface area contributed by atoms with Crippen molar-refractivity contribution in [3.05, 3.63) is 21.9 Å². The Morgan fingerprint density at radius 3 is 2.95 bits per heavy atom. The summed E-state index contributed by atoms with van der Waals surface area (Å²) in [4.78, 5) is 14.3. The van der Waals surface area contributed by atoms with Crippen LogP contribution in [0.1, 0.15) is 53.2 Å². The molecule has 0 N–H and O–H groups in total. The molecule has 1 aliphatic carbocycles. The molecule has 0 bridgehead atoms. The zero-order chi connectivity index (χ0) is 14.7. The number of carbonyl (C=O) groups excluding carboxylic acids is 1. The number of tetrazole rings is 1. The van der Waals surface area contributed by atoms with E-state index in [1.54, 1.807) is 11.3 Å². The molecule has 1 fully saturated rings. The summed E-state index contributed by atoms with van der Waals surface area (Å²) in [5.41, 5.74) is 0. The Labute approximate surface area is 132 Å². The van der Waals surface area contributed by atoms with E-state index in [0.29, 0.717) is 11.8 Å². The van der Waals surface area contributed by atoms with Crippen LogP contribution < -0.4 is 0 Å². The maximum atomic E-state index is 12.2. The summed E-state index contributed by atoms with van der Waals surface area (Å²) in [5.74, 6) is 0.558. The van der Waals surface area contributed by atoms with Gasteiger partial charge in [0, 0.05) is 4.88 Å². The molecule has 21 heavy (non-hydrogen) atoms. The molecule has 0 aromatic carbocycles. The van der Waals surface area contributed by atoms with E-state index in [4.69, 9.17) is 0 Å². The molecular weight excluding hydrogens is 304 g/mol. The number of hydrogen-bond acceptors (Lipinski definition) is 6. The zero-order valence-corrected chi connectivity index (χ0v) is 13.6. The molecular formula is C14H18N4OS2. The molecule has 0 aliphatic heterocycles. The Balaban J connectivity index is 1.62. The van der Waals surface area contributed by atoms with Gasteiger partial charge in [0.05, 0.1) is 16.7 Å². The summed E-state index contributed by atoms with van der Waals surface area (Å²) >= 11 is 3.03. The lowest BCUT2D eigenvalue weighted by Crippen LogP contribution is -2.09. The predicted molar refractivity (Wildman–Crippen MR) is 84.1 cm³/mol. The number of Topliss-reactive ketones (excluding diaryl/α,β-unsaturated/α-hetero) is 1. The third-order valence-corrected chi connectivity index (χ3v) is 5.95. The number of thioether (sulfide) groups is 1. The summed E-state index contributed by atoms with van der Waals surface area (Å²) in [6.07, 6.45) is 5.73. The van der Waals surface area contributed by atoms with Gasteiger partial charge in [0.2, 0.25) is 5.16 Å². The van der Waals surface area contributed by atoms with Gasteiger partial charge in [0.1, 0.15) is 0 Å². The van der Waals surface area contributed by atoms with Crippen molar-refractivity contribution in [2.24, 2.45) is 0 Å². The first-order valence-corrected chi connectivity index (χ1v) is 9.10. The quantitative estimate of drug-likeness (QED) is 0.602. The summed E-state index contributed by atoms with van der Waals surface area (Å²) < 4.78 is 1.90. The number of aryl methyl sites for hydroxylation is 1. The van der Waals surface area contributed by atoms with Gasteiger partial charge in [-0.05, 0) is 41.8 Å². The average Bonchev–Trinajstić information content (AvgIpc) is 3.23. The third kappa shape index (κ3) is 3.35. The van der Waals surface area contributed by atoms with Crippen molar-refractivity contribution in [1.82, 2.24) is 20.2 Å². The van der Waals surface area contributed by atoms with Crippen LogP contribution in [-0.2, 0) is 6.42 Å². The predicted octanol–water partition coefficient (Wildman–Crippen LogP) is 3.39. The van der Waals surface area contributed by atoms with Gasteiger partial charge in [0.15, 0.2) is 5.78 Å². The lowest BCUT2D eigenvalue weighted by Gasteiger charge is -2.10. The molecule has 2 aromatic rings. The molecule has 0 saturated heterocycles. The molecule has 0 unspecified atom stereocenters. The minimum absolute atomic E-state index is 0.158. The van der Waals surface area contributed by atoms with E-state index in [9.17, 15) is 4.79 Å². The normalized spacial score (nSPS) is 15.7. The summed E-state index contributed by atoms with van der Waals surface area (Å²) in [5, 5.41) is 12.7. The van der Waals surface area contributed by atoms with Gasteiger partial charge in [-0.25, -0.2) is 4.68 Å². The second kappa shape index (κ2) is 6.70. The topological polar surface area (TPSA) is 60.7 Å². The Hall–Kier alpha value is -1.21. The Morgan fingerprint density at radius 1 is 1.43 bits per heavy atom. The smallest absolute Gasteiger partial charge is 0.210 e. The van der Waals surface area contributed by atoms with Crippen LogP contribution in [0, 0.1) is 0 Å². The first-order chi connectivity index (χ1) is 10.3. The fourth-order valence-electron chi connectivity index (χ4n) is 2.58. The molecule has 2 aromatic heterocycles. The van der Waals surface area contributed by atoms with Gasteiger partial charge >= 0.3 is 0 Å². The van der Waals surface area contributed by atoms with Gasteiger partial charge in [-0.1, -0.05) is 31.5 Å². The average molecular weight is 322 g/mol. The molecule has 0 amide bonds. The van der Waals surface area contributed by atoms with E-state index in [0.717, 1.165) is 29.3 Å². The van der Waals surface area contributed by atoms with Crippen LogP contribution in [0.15, 0.2) is 17.3 Å². The molecule has 0 atom stereocenters. The van der Waals surface area contributed by atoms with E-state index < -0.39 is 0 Å². The SMILES string of the molecule is CCc1ccc(C(=O)CSc2nnnn2C2CCCC2)s1. The van der Waals surface area contributed by atoms with Crippen molar-refractivity contribution in [1.29, 1.82) is 0 Å². The molecule has 3 rings (SSSR count). The second-order valence-electron chi connectivity index (χ2n) is 5.18. The number of hydrogen-bond donors (Lipinski definition) is 0. The summed E-state index contributed by atoms with van der Waals surface area (Å²) in [6, 6.07) is 4.36. The van der Waals surface area contributed by atoms with Crippen molar-refractivity contribution in [2.75, 3.05) is 5.75 Å². The standard InChI is InChI=1S/C14H18N4OS2/c1-2-11-7-8-13(21-11)12(19)9-20-14-15-16-17-18(14)10-5-3-4-6-10/h7-8,10H,2-6,9H2,1H3. The Bertz CT molecular complexity index is 616. The van der Waals surface area contributed by atoms with E-state index in [-0.39, 0.29) is 5.78 Å². The van der Waals surface area contributed by atoms with E-state index in [1.165, 1.54) is 29.5 Å². The molecule has 0 radical (unpaired) electrons. The van der Waals surface area contributed by atoms with Crippen LogP contribution >= 0.6 is 23.1 Å². The zero-order valence-electron chi connectivity index (χ0n) is 12.0. The number of ketones is 1. The Morgan fingerprint density at radius 2 is 2.24 bits per heavy atom. The number of carbonyl (C=O) groups is 1. The highest BCUT2D eigenvalue weighted by Gasteiger charge is 2.22. The van der Waals surface area contributed by atoms with Gasteiger partial charge in [-0.3, -0.25) is 4.79 Å². The Kier molecular flexibility index (Phi) is 4.70. The van der Waals surface area contributed by atoms with Crippen molar-refractivity contribution in [2.45, 2.75) is 50.2 Å². The van der Waals surface area contributed by atoms with Crippen LogP contribution in [0.5, 0.6) is 0 Å².